The summed E-state index contributed by atoms with van der Waals surface area (Å²) in [6.07, 6.45) is 0.779. The first-order valence-electron chi connectivity index (χ1n) is 7.36. The van der Waals surface area contributed by atoms with Gasteiger partial charge in [0.05, 0.1) is 5.69 Å². The Hall–Kier alpha value is -3.68. The van der Waals surface area contributed by atoms with Crippen molar-refractivity contribution in [2.24, 2.45) is 0 Å². The fourth-order valence-electron chi connectivity index (χ4n) is 2.05. The summed E-state index contributed by atoms with van der Waals surface area (Å²) in [5.41, 5.74) is 6.52. The topological polar surface area (TPSA) is 106 Å². The largest absolute Gasteiger partial charge is 0.492 e. The molecular weight excluding hydrogens is 326 g/mol. The lowest BCUT2D eigenvalue weighted by Crippen LogP contribution is -2.37. The summed E-state index contributed by atoms with van der Waals surface area (Å²) in [5, 5.41) is 9.35. The molecule has 25 heavy (non-hydrogen) atoms. The quantitative estimate of drug-likeness (QED) is 0.615. The number of nitrogens with one attached hydrogen (secondary N) is 2. The molecule has 3 rings (SSSR count). The highest BCUT2D eigenvalue weighted by Crippen LogP contribution is 2.16. The zero-order chi connectivity index (χ0) is 17.6. The Morgan fingerprint density at radius 1 is 1.12 bits per heavy atom. The van der Waals surface area contributed by atoms with E-state index in [1.54, 1.807) is 24.3 Å². The molecule has 0 unspecified atom stereocenters. The summed E-state index contributed by atoms with van der Waals surface area (Å²) < 4.78 is 10.5. The maximum absolute atomic E-state index is 11.8. The average molecular weight is 341 g/mol. The molecule has 0 fully saturated rings. The smallest absolute Gasteiger partial charge is 0.430 e. The number of aromatic nitrogens is 1. The van der Waals surface area contributed by atoms with Crippen LogP contribution < -0.4 is 21.3 Å². The highest BCUT2D eigenvalue weighted by Gasteiger charge is 2.14. The second kappa shape index (κ2) is 7.26. The summed E-state index contributed by atoms with van der Waals surface area (Å²) in [6.45, 7) is 0.451. The minimum Gasteiger partial charge on any atom is -0.492 e. The Labute approximate surface area is 142 Å². The lowest BCUT2D eigenvalue weighted by molar-refractivity contribution is 0.239. The van der Waals surface area contributed by atoms with Crippen molar-refractivity contribution in [1.82, 2.24) is 9.99 Å². The molecule has 8 nitrogen and oxygen atoms in total. The number of nitrogens with zero attached hydrogens (tertiary/aromatic N) is 1. The molecule has 0 bridgehead atoms. The monoisotopic (exact) mass is 341 g/mol. The highest BCUT2D eigenvalue weighted by molar-refractivity contribution is 5.79. The highest BCUT2D eigenvalue weighted by atomic mass is 16.5. The number of hydrogen-bond donors (Lipinski definition) is 3. The number of carbonyl (C=O) groups is 1. The van der Waals surface area contributed by atoms with Crippen LogP contribution in [0.25, 0.3) is 0 Å². The van der Waals surface area contributed by atoms with Crippen LogP contribution in [0.15, 0.2) is 70.1 Å². The minimum absolute atomic E-state index is 0.449. The summed E-state index contributed by atoms with van der Waals surface area (Å²) in [6, 6.07) is 15.7. The van der Waals surface area contributed by atoms with Crippen molar-refractivity contribution in [3.63, 3.8) is 0 Å². The van der Waals surface area contributed by atoms with Gasteiger partial charge in [-0.25, -0.2) is 9.59 Å². The molecule has 3 N–H and O–H groups in total. The van der Waals surface area contributed by atoms with Crippen LogP contribution in [-0.4, -0.2) is 15.7 Å². The van der Waals surface area contributed by atoms with Crippen molar-refractivity contribution in [3.8, 4) is 11.6 Å². The van der Waals surface area contributed by atoms with Crippen molar-refractivity contribution in [2.75, 3.05) is 5.43 Å². The van der Waals surface area contributed by atoms with E-state index in [1.807, 2.05) is 30.3 Å². The van der Waals surface area contributed by atoms with E-state index < -0.39 is 17.7 Å². The van der Waals surface area contributed by atoms with Gasteiger partial charge < -0.3 is 14.3 Å². The summed E-state index contributed by atoms with van der Waals surface area (Å²) in [5.74, 6) is -0.903. The van der Waals surface area contributed by atoms with E-state index in [2.05, 4.69) is 15.3 Å². The Morgan fingerprint density at radius 2 is 1.84 bits per heavy atom. The Kier molecular flexibility index (Phi) is 4.70. The SMILES string of the molecule is O=C(NNc1ccc(OCc2ccccc2)cc1)n1c(O)coc1=O. The maximum Gasteiger partial charge on any atom is 0.430 e. The number of rotatable bonds is 5. The number of aromatic hydroxyl groups is 1. The van der Waals surface area contributed by atoms with Crippen LogP contribution >= 0.6 is 0 Å². The van der Waals surface area contributed by atoms with E-state index in [0.29, 0.717) is 22.6 Å². The molecule has 8 heteroatoms. The molecule has 0 aliphatic carbocycles. The predicted octanol–water partition coefficient (Wildman–Crippen LogP) is 2.31. The molecule has 2 aromatic carbocycles. The molecule has 128 valence electrons. The number of hydrogen-bond acceptors (Lipinski definition) is 6. The number of carbonyl (C=O) groups excluding carboxylic acids is 1. The summed E-state index contributed by atoms with van der Waals surface area (Å²) in [4.78, 5) is 23.0. The van der Waals surface area contributed by atoms with Crippen LogP contribution in [-0.2, 0) is 6.61 Å². The summed E-state index contributed by atoms with van der Waals surface area (Å²) >= 11 is 0. The zero-order valence-corrected chi connectivity index (χ0v) is 13.0. The standard InChI is InChI=1S/C17H15N3O5/c21-15-11-25-17(23)20(15)16(22)19-18-13-6-8-14(9-7-13)24-10-12-4-2-1-3-5-12/h1-9,11,18,21H,10H2,(H,19,22). The lowest BCUT2D eigenvalue weighted by atomic mass is 10.2. The van der Waals surface area contributed by atoms with Crippen LogP contribution in [0.2, 0.25) is 0 Å². The van der Waals surface area contributed by atoms with Crippen LogP contribution in [0.4, 0.5) is 10.5 Å². The number of oxazole rings is 1. The first-order chi connectivity index (χ1) is 12.1. The van der Waals surface area contributed by atoms with Crippen molar-refractivity contribution >= 4 is 11.7 Å². The first-order valence-corrected chi connectivity index (χ1v) is 7.36. The Morgan fingerprint density at radius 3 is 2.48 bits per heavy atom. The molecule has 0 spiro atoms. The fraction of sp³-hybridized carbons (Fsp3) is 0.0588. The van der Waals surface area contributed by atoms with E-state index in [-0.39, 0.29) is 0 Å². The first kappa shape index (κ1) is 16.2. The van der Waals surface area contributed by atoms with E-state index in [4.69, 9.17) is 4.74 Å². The number of amides is 1. The Balaban J connectivity index is 1.54. The number of hydrazine groups is 1. The molecule has 0 saturated heterocycles. The van der Waals surface area contributed by atoms with Crippen molar-refractivity contribution in [2.45, 2.75) is 6.61 Å². The van der Waals surface area contributed by atoms with Gasteiger partial charge in [-0.1, -0.05) is 30.3 Å². The third-order valence-corrected chi connectivity index (χ3v) is 3.30. The van der Waals surface area contributed by atoms with E-state index in [0.717, 1.165) is 11.8 Å². The van der Waals surface area contributed by atoms with Gasteiger partial charge in [-0.15, -0.1) is 0 Å². The second-order valence-electron chi connectivity index (χ2n) is 5.05. The number of benzene rings is 2. The normalized spacial score (nSPS) is 10.2. The van der Waals surface area contributed by atoms with Gasteiger partial charge in [0.25, 0.3) is 0 Å². The van der Waals surface area contributed by atoms with Gasteiger partial charge in [-0.05, 0) is 29.8 Å². The van der Waals surface area contributed by atoms with Crippen LogP contribution in [0, 0.1) is 0 Å². The van der Waals surface area contributed by atoms with E-state index in [9.17, 15) is 14.7 Å². The fourth-order valence-corrected chi connectivity index (χ4v) is 2.05. The van der Waals surface area contributed by atoms with Gasteiger partial charge in [0.1, 0.15) is 12.4 Å². The van der Waals surface area contributed by atoms with Gasteiger partial charge in [0.2, 0.25) is 5.88 Å². The molecule has 1 amide bonds. The number of ether oxygens (including phenoxy) is 1. The predicted molar refractivity (Wildman–Crippen MR) is 89.4 cm³/mol. The van der Waals surface area contributed by atoms with Gasteiger partial charge in [-0.2, -0.15) is 4.57 Å². The molecule has 3 aromatic rings. The molecule has 0 radical (unpaired) electrons. The third-order valence-electron chi connectivity index (χ3n) is 3.30. The lowest BCUT2D eigenvalue weighted by Gasteiger charge is -2.10. The van der Waals surface area contributed by atoms with Crippen LogP contribution in [0.1, 0.15) is 5.56 Å². The maximum atomic E-state index is 11.8. The zero-order valence-electron chi connectivity index (χ0n) is 13.0. The van der Waals surface area contributed by atoms with Gasteiger partial charge >= 0.3 is 11.8 Å². The average Bonchev–Trinajstić information content (AvgIpc) is 2.98. The second-order valence-corrected chi connectivity index (χ2v) is 5.05. The molecule has 1 aromatic heterocycles. The molecule has 0 aliphatic rings. The van der Waals surface area contributed by atoms with Crippen LogP contribution in [0.5, 0.6) is 11.6 Å². The summed E-state index contributed by atoms with van der Waals surface area (Å²) in [7, 11) is 0. The van der Waals surface area contributed by atoms with Gasteiger partial charge in [-0.3, -0.25) is 10.9 Å². The molecule has 0 atom stereocenters. The van der Waals surface area contributed by atoms with Crippen LogP contribution in [0.3, 0.4) is 0 Å². The van der Waals surface area contributed by atoms with Gasteiger partial charge in [0, 0.05) is 0 Å². The minimum atomic E-state index is -0.985. The van der Waals surface area contributed by atoms with Crippen molar-refractivity contribution in [1.29, 1.82) is 0 Å². The van der Waals surface area contributed by atoms with Gasteiger partial charge in [0.15, 0.2) is 6.26 Å². The molecule has 1 heterocycles. The molecule has 0 saturated carbocycles. The molecule has 0 aliphatic heterocycles. The Bertz CT molecular complexity index is 900. The molecular formula is C17H15N3O5. The third kappa shape index (κ3) is 3.99. The van der Waals surface area contributed by atoms with E-state index in [1.165, 1.54) is 0 Å². The number of anilines is 1. The van der Waals surface area contributed by atoms with E-state index >= 15 is 0 Å². The van der Waals surface area contributed by atoms with Crippen molar-refractivity contribution < 1.29 is 19.1 Å². The van der Waals surface area contributed by atoms with Crippen molar-refractivity contribution in [3.05, 3.63) is 77.0 Å².